The Kier molecular flexibility index (Phi) is 1.88. The molecule has 1 amide bonds. The molecule has 0 aromatic carbocycles. The molecule has 0 aliphatic heterocycles. The number of hydrogen-bond acceptors (Lipinski definition) is 2. The number of Topliss-reactive ketones (excluding diaryl/α,β-unsaturated/α-hetero) is 1. The van der Waals surface area contributed by atoms with Gasteiger partial charge in [-0.1, -0.05) is 29.8 Å². The van der Waals surface area contributed by atoms with Crippen LogP contribution in [0.1, 0.15) is 26.7 Å². The van der Waals surface area contributed by atoms with Crippen LogP contribution in [0.3, 0.4) is 0 Å². The van der Waals surface area contributed by atoms with Crippen molar-refractivity contribution < 1.29 is 9.59 Å². The highest BCUT2D eigenvalue weighted by Crippen LogP contribution is 2.62. The number of halogens is 1. The molecule has 78 valence electrons. The summed E-state index contributed by atoms with van der Waals surface area (Å²) in [5.74, 6) is -0.185. The first-order valence-corrected chi connectivity index (χ1v) is 5.75. The molecular weight excluding hydrogens is 246 g/mol. The minimum atomic E-state index is -0.922. The molecule has 0 unspecified atom stereocenters. The van der Waals surface area contributed by atoms with E-state index in [0.29, 0.717) is 6.42 Å². The van der Waals surface area contributed by atoms with E-state index in [4.69, 9.17) is 5.73 Å². The van der Waals surface area contributed by atoms with Gasteiger partial charge in [0.1, 0.15) is 5.41 Å². The topological polar surface area (TPSA) is 60.2 Å². The SMILES string of the molecule is CC1(C)C(=O)[C@@]2(C(N)=O)CC[C@@H]1[C@@H]2Br. The molecule has 0 heterocycles. The molecule has 2 rings (SSSR count). The summed E-state index contributed by atoms with van der Waals surface area (Å²) in [6, 6.07) is 0. The fourth-order valence-electron chi connectivity index (χ4n) is 3.09. The van der Waals surface area contributed by atoms with Gasteiger partial charge >= 0.3 is 0 Å². The van der Waals surface area contributed by atoms with Gasteiger partial charge in [-0.15, -0.1) is 0 Å². The van der Waals surface area contributed by atoms with E-state index in [-0.39, 0.29) is 16.5 Å². The second kappa shape index (κ2) is 2.60. The Morgan fingerprint density at radius 1 is 1.57 bits per heavy atom. The van der Waals surface area contributed by atoms with Gasteiger partial charge in [0, 0.05) is 10.2 Å². The first-order chi connectivity index (χ1) is 6.35. The Labute approximate surface area is 91.5 Å². The van der Waals surface area contributed by atoms with Crippen LogP contribution in [-0.4, -0.2) is 16.5 Å². The first kappa shape index (κ1) is 10.1. The van der Waals surface area contributed by atoms with Gasteiger partial charge < -0.3 is 5.73 Å². The zero-order chi connectivity index (χ0) is 10.7. The van der Waals surface area contributed by atoms with Crippen molar-refractivity contribution in [2.45, 2.75) is 31.5 Å². The fourth-order valence-corrected chi connectivity index (χ4v) is 4.68. The Morgan fingerprint density at radius 2 is 2.14 bits per heavy atom. The number of hydrogen-bond donors (Lipinski definition) is 1. The van der Waals surface area contributed by atoms with E-state index in [1.165, 1.54) is 0 Å². The summed E-state index contributed by atoms with van der Waals surface area (Å²) < 4.78 is 0. The molecule has 2 saturated carbocycles. The van der Waals surface area contributed by atoms with E-state index in [2.05, 4.69) is 15.9 Å². The third-order valence-corrected chi connectivity index (χ3v) is 5.45. The molecule has 4 heteroatoms. The number of ketones is 1. The molecule has 0 spiro atoms. The highest BCUT2D eigenvalue weighted by atomic mass is 79.9. The van der Waals surface area contributed by atoms with E-state index >= 15 is 0 Å². The third-order valence-electron chi connectivity index (χ3n) is 4.03. The molecule has 0 radical (unpaired) electrons. The molecule has 0 aromatic heterocycles. The standard InChI is InChI=1S/C10H14BrNO2/c1-9(2)5-3-4-10(6(5)11,7(9)13)8(12)14/h5-6H,3-4H2,1-2H3,(H2,12,14)/t5-,6+,10-/m1/s1. The molecular formula is C10H14BrNO2. The van der Waals surface area contributed by atoms with Crippen LogP contribution >= 0.6 is 15.9 Å². The minimum absolute atomic E-state index is 0.0237. The maximum Gasteiger partial charge on any atom is 0.232 e. The Balaban J connectivity index is 2.55. The number of nitrogens with two attached hydrogens (primary N) is 1. The second-order valence-corrected chi connectivity index (χ2v) is 5.92. The summed E-state index contributed by atoms with van der Waals surface area (Å²) in [6.07, 6.45) is 1.53. The van der Waals surface area contributed by atoms with Gasteiger partial charge in [-0.05, 0) is 18.8 Å². The molecule has 2 aliphatic carbocycles. The van der Waals surface area contributed by atoms with Crippen LogP contribution in [0.25, 0.3) is 0 Å². The summed E-state index contributed by atoms with van der Waals surface area (Å²) in [7, 11) is 0. The molecule has 3 nitrogen and oxygen atoms in total. The summed E-state index contributed by atoms with van der Waals surface area (Å²) in [4.78, 5) is 23.5. The average molecular weight is 260 g/mol. The van der Waals surface area contributed by atoms with Gasteiger partial charge in [0.15, 0.2) is 5.78 Å². The maximum absolute atomic E-state index is 12.1. The molecule has 3 atom stereocenters. The number of alkyl halides is 1. The lowest BCUT2D eigenvalue weighted by molar-refractivity contribution is -0.143. The molecule has 2 fully saturated rings. The van der Waals surface area contributed by atoms with Crippen molar-refractivity contribution in [3.63, 3.8) is 0 Å². The molecule has 2 bridgehead atoms. The molecule has 14 heavy (non-hydrogen) atoms. The quantitative estimate of drug-likeness (QED) is 0.569. The third kappa shape index (κ3) is 0.835. The zero-order valence-corrected chi connectivity index (χ0v) is 9.93. The molecule has 0 aromatic rings. The zero-order valence-electron chi connectivity index (χ0n) is 8.34. The number of fused-ring (bicyclic) bond motifs is 2. The summed E-state index contributed by atoms with van der Waals surface area (Å²) in [5.41, 5.74) is 4.06. The van der Waals surface area contributed by atoms with Gasteiger partial charge in [-0.3, -0.25) is 9.59 Å². The molecule has 2 N–H and O–H groups in total. The Hall–Kier alpha value is -0.380. The van der Waals surface area contributed by atoms with Gasteiger partial charge in [-0.2, -0.15) is 0 Å². The predicted octanol–water partition coefficient (Wildman–Crippen LogP) is 1.24. The van der Waals surface area contributed by atoms with Crippen molar-refractivity contribution in [3.05, 3.63) is 0 Å². The van der Waals surface area contributed by atoms with E-state index in [1.807, 2.05) is 13.8 Å². The number of amides is 1. The lowest BCUT2D eigenvalue weighted by Gasteiger charge is -2.31. The van der Waals surface area contributed by atoms with Crippen LogP contribution < -0.4 is 5.73 Å². The Morgan fingerprint density at radius 3 is 2.43 bits per heavy atom. The van der Waals surface area contributed by atoms with Crippen LogP contribution in [0.15, 0.2) is 0 Å². The van der Waals surface area contributed by atoms with Gasteiger partial charge in [0.25, 0.3) is 0 Å². The monoisotopic (exact) mass is 259 g/mol. The van der Waals surface area contributed by atoms with E-state index in [9.17, 15) is 9.59 Å². The first-order valence-electron chi connectivity index (χ1n) is 4.84. The van der Waals surface area contributed by atoms with Crippen molar-refractivity contribution in [3.8, 4) is 0 Å². The molecule has 2 aliphatic rings. The fraction of sp³-hybridized carbons (Fsp3) is 0.800. The van der Waals surface area contributed by atoms with Crippen molar-refractivity contribution in [1.82, 2.24) is 0 Å². The lowest BCUT2D eigenvalue weighted by Crippen LogP contribution is -2.47. The van der Waals surface area contributed by atoms with Crippen molar-refractivity contribution in [2.75, 3.05) is 0 Å². The largest absolute Gasteiger partial charge is 0.369 e. The smallest absolute Gasteiger partial charge is 0.232 e. The Bertz CT molecular complexity index is 326. The molecule has 0 saturated heterocycles. The summed E-state index contributed by atoms with van der Waals surface area (Å²) >= 11 is 3.48. The van der Waals surface area contributed by atoms with E-state index in [0.717, 1.165) is 6.42 Å². The summed E-state index contributed by atoms with van der Waals surface area (Å²) in [5, 5.41) is 0. The number of primary amides is 1. The van der Waals surface area contributed by atoms with Crippen LogP contribution in [-0.2, 0) is 9.59 Å². The second-order valence-electron chi connectivity index (χ2n) is 4.93. The van der Waals surface area contributed by atoms with Crippen molar-refractivity contribution in [1.29, 1.82) is 0 Å². The van der Waals surface area contributed by atoms with Gasteiger partial charge in [0.05, 0.1) is 0 Å². The number of rotatable bonds is 1. The highest BCUT2D eigenvalue weighted by Gasteiger charge is 2.69. The maximum atomic E-state index is 12.1. The van der Waals surface area contributed by atoms with Crippen molar-refractivity contribution >= 4 is 27.6 Å². The average Bonchev–Trinajstić information content (AvgIpc) is 2.47. The summed E-state index contributed by atoms with van der Waals surface area (Å²) in [6.45, 7) is 3.83. The van der Waals surface area contributed by atoms with Crippen LogP contribution in [0.2, 0.25) is 0 Å². The normalized spacial score (nSPS) is 44.4. The van der Waals surface area contributed by atoms with E-state index < -0.39 is 16.7 Å². The highest BCUT2D eigenvalue weighted by molar-refractivity contribution is 9.09. The van der Waals surface area contributed by atoms with Gasteiger partial charge in [0.2, 0.25) is 5.91 Å². The predicted molar refractivity (Wildman–Crippen MR) is 55.9 cm³/mol. The van der Waals surface area contributed by atoms with Crippen LogP contribution in [0.5, 0.6) is 0 Å². The number of carbonyl (C=O) groups is 2. The minimum Gasteiger partial charge on any atom is -0.369 e. The van der Waals surface area contributed by atoms with Crippen LogP contribution in [0.4, 0.5) is 0 Å². The van der Waals surface area contributed by atoms with Gasteiger partial charge in [-0.25, -0.2) is 0 Å². The van der Waals surface area contributed by atoms with Crippen molar-refractivity contribution in [2.24, 2.45) is 22.5 Å². The number of carbonyl (C=O) groups excluding carboxylic acids is 2. The van der Waals surface area contributed by atoms with E-state index in [1.54, 1.807) is 0 Å². The lowest BCUT2D eigenvalue weighted by atomic mass is 9.70. The van der Waals surface area contributed by atoms with Crippen LogP contribution in [0, 0.1) is 16.7 Å².